The van der Waals surface area contributed by atoms with E-state index in [1.165, 1.54) is 18.5 Å². The summed E-state index contributed by atoms with van der Waals surface area (Å²) in [7, 11) is 3.86. The quantitative estimate of drug-likeness (QED) is 0.695. The van der Waals surface area contributed by atoms with Crippen LogP contribution in [0.25, 0.3) is 0 Å². The van der Waals surface area contributed by atoms with E-state index >= 15 is 0 Å². The summed E-state index contributed by atoms with van der Waals surface area (Å²) >= 11 is 3.67. The van der Waals surface area contributed by atoms with Crippen LogP contribution in [-0.2, 0) is 0 Å². The maximum Gasteiger partial charge on any atom is 0.120 e. The summed E-state index contributed by atoms with van der Waals surface area (Å²) in [4.78, 5) is 2.32. The number of rotatable bonds is 7. The number of hydrogen-bond acceptors (Lipinski definition) is 2. The molecular weight excluding hydrogens is 290 g/mol. The minimum Gasteiger partial charge on any atom is -0.497 e. The fourth-order valence-corrected chi connectivity index (χ4v) is 3.12. The molecule has 0 atom stereocenters. The lowest BCUT2D eigenvalue weighted by Gasteiger charge is -2.35. The summed E-state index contributed by atoms with van der Waals surface area (Å²) in [5.41, 5.74) is 1.55. The molecule has 3 heteroatoms. The van der Waals surface area contributed by atoms with Crippen LogP contribution < -0.4 is 9.64 Å². The van der Waals surface area contributed by atoms with Crippen molar-refractivity contribution in [1.29, 1.82) is 0 Å². The van der Waals surface area contributed by atoms with E-state index in [-0.39, 0.29) is 0 Å². The van der Waals surface area contributed by atoms with Gasteiger partial charge in [-0.15, -0.1) is 0 Å². The molecule has 0 aromatic heterocycles. The molecular formula is C15H24BrNO. The summed E-state index contributed by atoms with van der Waals surface area (Å²) in [5.74, 6) is 0.914. The molecule has 2 nitrogen and oxygen atoms in total. The van der Waals surface area contributed by atoms with Crippen LogP contribution in [-0.4, -0.2) is 26.0 Å². The average molecular weight is 314 g/mol. The van der Waals surface area contributed by atoms with Crippen molar-refractivity contribution in [2.45, 2.75) is 26.7 Å². The molecule has 0 amide bonds. The summed E-state index contributed by atoms with van der Waals surface area (Å²) in [6.07, 6.45) is 2.37. The molecule has 0 aliphatic carbocycles. The van der Waals surface area contributed by atoms with Gasteiger partial charge in [0.25, 0.3) is 0 Å². The van der Waals surface area contributed by atoms with Gasteiger partial charge in [0.05, 0.1) is 7.11 Å². The third-order valence-electron chi connectivity index (χ3n) is 3.85. The molecule has 1 aromatic carbocycles. The molecule has 0 fully saturated rings. The van der Waals surface area contributed by atoms with Crippen molar-refractivity contribution in [1.82, 2.24) is 0 Å². The summed E-state index contributed by atoms with van der Waals surface area (Å²) in [6, 6.07) is 8.24. The Kier molecular flexibility index (Phi) is 6.00. The molecule has 0 aliphatic heterocycles. The molecule has 0 heterocycles. The van der Waals surface area contributed by atoms with Crippen molar-refractivity contribution in [3.05, 3.63) is 24.3 Å². The summed E-state index contributed by atoms with van der Waals surface area (Å²) < 4.78 is 5.28. The topological polar surface area (TPSA) is 12.5 Å². The highest BCUT2D eigenvalue weighted by Crippen LogP contribution is 2.31. The number of hydrogen-bond donors (Lipinski definition) is 0. The first kappa shape index (κ1) is 15.4. The van der Waals surface area contributed by atoms with E-state index in [0.717, 1.165) is 17.6 Å². The Morgan fingerprint density at radius 2 is 1.94 bits per heavy atom. The third kappa shape index (κ3) is 3.64. The van der Waals surface area contributed by atoms with Crippen LogP contribution in [0.4, 0.5) is 5.69 Å². The lowest BCUT2D eigenvalue weighted by atomic mass is 9.84. The smallest absolute Gasteiger partial charge is 0.120 e. The zero-order valence-electron chi connectivity index (χ0n) is 11.9. The Hall–Kier alpha value is -0.700. The monoisotopic (exact) mass is 313 g/mol. The molecule has 1 rings (SSSR count). The van der Waals surface area contributed by atoms with Crippen LogP contribution in [0.3, 0.4) is 0 Å². The number of methoxy groups -OCH3 is 1. The first-order valence-corrected chi connectivity index (χ1v) is 7.64. The number of alkyl halides is 1. The number of ether oxygens (including phenoxy) is 1. The number of anilines is 1. The maximum absolute atomic E-state index is 5.28. The third-order valence-corrected chi connectivity index (χ3v) is 5.04. The van der Waals surface area contributed by atoms with Gasteiger partial charge in [-0.1, -0.05) is 35.8 Å². The Bertz CT molecular complexity index is 355. The number of nitrogens with zero attached hydrogens (tertiary/aromatic N) is 1. The zero-order chi connectivity index (χ0) is 13.6. The molecule has 1 aromatic rings. The highest BCUT2D eigenvalue weighted by atomic mass is 79.9. The Balaban J connectivity index is 2.83. The van der Waals surface area contributed by atoms with Crippen molar-refractivity contribution in [3.63, 3.8) is 0 Å². The summed E-state index contributed by atoms with van der Waals surface area (Å²) in [5, 5.41) is 1.04. The fourth-order valence-electron chi connectivity index (χ4n) is 2.15. The average Bonchev–Trinajstić information content (AvgIpc) is 2.44. The lowest BCUT2D eigenvalue weighted by Crippen LogP contribution is -2.36. The van der Waals surface area contributed by atoms with Crippen LogP contribution in [0.15, 0.2) is 24.3 Å². The second-order valence-electron chi connectivity index (χ2n) is 4.90. The molecule has 102 valence electrons. The molecule has 0 saturated heterocycles. The second kappa shape index (κ2) is 7.03. The molecule has 0 N–H and O–H groups in total. The van der Waals surface area contributed by atoms with Crippen molar-refractivity contribution >= 4 is 21.6 Å². The molecule has 18 heavy (non-hydrogen) atoms. The molecule has 0 spiro atoms. The van der Waals surface area contributed by atoms with Crippen molar-refractivity contribution in [2.24, 2.45) is 5.41 Å². The SMILES string of the molecule is CCC(CC)(CBr)CN(C)c1cccc(OC)c1. The van der Waals surface area contributed by atoms with Crippen molar-refractivity contribution in [2.75, 3.05) is 30.9 Å². The second-order valence-corrected chi connectivity index (χ2v) is 5.46. The molecule has 0 aliphatic rings. The highest BCUT2D eigenvalue weighted by Gasteiger charge is 2.26. The van der Waals surface area contributed by atoms with Gasteiger partial charge in [-0.25, -0.2) is 0 Å². The van der Waals surface area contributed by atoms with Gasteiger partial charge in [0.15, 0.2) is 0 Å². The molecule has 0 bridgehead atoms. The molecule has 0 saturated carbocycles. The van der Waals surface area contributed by atoms with Crippen LogP contribution in [0, 0.1) is 5.41 Å². The summed E-state index contributed by atoms with van der Waals surface area (Å²) in [6.45, 7) is 5.59. The predicted octanol–water partition coefficient (Wildman–Crippen LogP) is 4.33. The van der Waals surface area contributed by atoms with E-state index in [0.29, 0.717) is 5.41 Å². The van der Waals surface area contributed by atoms with E-state index in [2.05, 4.69) is 53.9 Å². The lowest BCUT2D eigenvalue weighted by molar-refractivity contribution is 0.316. The van der Waals surface area contributed by atoms with Gasteiger partial charge in [-0.05, 0) is 30.4 Å². The van der Waals surface area contributed by atoms with Gasteiger partial charge in [-0.2, -0.15) is 0 Å². The number of benzene rings is 1. The Morgan fingerprint density at radius 1 is 1.28 bits per heavy atom. The van der Waals surface area contributed by atoms with E-state index in [4.69, 9.17) is 4.74 Å². The van der Waals surface area contributed by atoms with E-state index in [9.17, 15) is 0 Å². The zero-order valence-corrected chi connectivity index (χ0v) is 13.5. The van der Waals surface area contributed by atoms with Gasteiger partial charge in [0.1, 0.15) is 5.75 Å². The van der Waals surface area contributed by atoms with Gasteiger partial charge in [0, 0.05) is 30.7 Å². The van der Waals surface area contributed by atoms with E-state index in [1.54, 1.807) is 7.11 Å². The first-order valence-electron chi connectivity index (χ1n) is 6.52. The van der Waals surface area contributed by atoms with Gasteiger partial charge < -0.3 is 9.64 Å². The van der Waals surface area contributed by atoms with Crippen LogP contribution in [0.5, 0.6) is 5.75 Å². The normalized spacial score (nSPS) is 11.4. The standard InChI is InChI=1S/C15H24BrNO/c1-5-15(6-2,11-16)12-17(3)13-8-7-9-14(10-13)18-4/h7-10H,5-6,11-12H2,1-4H3. The predicted molar refractivity (Wildman–Crippen MR) is 83.1 cm³/mol. The highest BCUT2D eigenvalue weighted by molar-refractivity contribution is 9.09. The Labute approximate surface area is 119 Å². The molecule has 0 unspecified atom stereocenters. The largest absolute Gasteiger partial charge is 0.497 e. The van der Waals surface area contributed by atoms with E-state index in [1.807, 2.05) is 12.1 Å². The first-order chi connectivity index (χ1) is 8.60. The number of halogens is 1. The Morgan fingerprint density at radius 3 is 2.44 bits per heavy atom. The van der Waals surface area contributed by atoms with Gasteiger partial charge in [-0.3, -0.25) is 0 Å². The molecule has 0 radical (unpaired) electrons. The van der Waals surface area contributed by atoms with Crippen molar-refractivity contribution < 1.29 is 4.74 Å². The van der Waals surface area contributed by atoms with Crippen LogP contribution in [0.1, 0.15) is 26.7 Å². The van der Waals surface area contributed by atoms with Gasteiger partial charge >= 0.3 is 0 Å². The minimum atomic E-state index is 0.345. The van der Waals surface area contributed by atoms with Crippen molar-refractivity contribution in [3.8, 4) is 5.75 Å². The fraction of sp³-hybridized carbons (Fsp3) is 0.600. The maximum atomic E-state index is 5.28. The van der Waals surface area contributed by atoms with Crippen LogP contribution >= 0.6 is 15.9 Å². The van der Waals surface area contributed by atoms with Gasteiger partial charge in [0.2, 0.25) is 0 Å². The minimum absolute atomic E-state index is 0.345. The van der Waals surface area contributed by atoms with E-state index < -0.39 is 0 Å². The van der Waals surface area contributed by atoms with Crippen LogP contribution in [0.2, 0.25) is 0 Å².